The number of ether oxygens (including phenoxy) is 1. The van der Waals surface area contributed by atoms with Crippen LogP contribution in [0.25, 0.3) is 0 Å². The molecule has 4 rings (SSSR count). The third-order valence-corrected chi connectivity index (χ3v) is 5.90. The Labute approximate surface area is 191 Å². The van der Waals surface area contributed by atoms with E-state index in [-0.39, 0.29) is 18.7 Å². The predicted molar refractivity (Wildman–Crippen MR) is 123 cm³/mol. The summed E-state index contributed by atoms with van der Waals surface area (Å²) >= 11 is 12.9. The van der Waals surface area contributed by atoms with Gasteiger partial charge in [-0.1, -0.05) is 71.7 Å². The van der Waals surface area contributed by atoms with Gasteiger partial charge in [-0.15, -0.1) is 0 Å². The second-order valence-electron chi connectivity index (χ2n) is 7.38. The van der Waals surface area contributed by atoms with Gasteiger partial charge in [0.2, 0.25) is 0 Å². The van der Waals surface area contributed by atoms with Crippen molar-refractivity contribution in [2.45, 2.75) is 31.6 Å². The second-order valence-corrected chi connectivity index (χ2v) is 8.23. The van der Waals surface area contributed by atoms with Crippen molar-refractivity contribution in [3.05, 3.63) is 99.5 Å². The lowest BCUT2D eigenvalue weighted by molar-refractivity contribution is -0.132. The summed E-state index contributed by atoms with van der Waals surface area (Å²) in [6.07, 6.45) is -0.0689. The number of hydrogen-bond donors (Lipinski definition) is 0. The van der Waals surface area contributed by atoms with Crippen molar-refractivity contribution < 1.29 is 14.3 Å². The quantitative estimate of drug-likeness (QED) is 0.430. The molecule has 0 radical (unpaired) electrons. The Morgan fingerprint density at radius 3 is 2.42 bits per heavy atom. The molecule has 4 nitrogen and oxygen atoms in total. The molecule has 0 bridgehead atoms. The number of hydrogen-bond acceptors (Lipinski definition) is 3. The lowest BCUT2D eigenvalue weighted by Crippen LogP contribution is -2.39. The number of carbonyl (C=O) groups is 2. The number of aldehydes is 1. The standard InChI is InChI=1S/C25H21Cl2NO3/c26-18-12-13-22-20(15-18)24(19-9-4-5-10-21(19)27)31-23(11-6-14-29)25(30)28(22)16-17-7-2-1-3-8-17/h1-5,7-10,12-15,23-24H,6,11,16H2. The maximum absolute atomic E-state index is 13.6. The number of halogens is 2. The number of rotatable bonds is 6. The molecule has 0 N–H and O–H groups in total. The van der Waals surface area contributed by atoms with Crippen LogP contribution in [0.15, 0.2) is 72.8 Å². The lowest BCUT2D eigenvalue weighted by atomic mass is 9.99. The van der Waals surface area contributed by atoms with Gasteiger partial charge in [0, 0.05) is 27.6 Å². The molecule has 0 aromatic heterocycles. The summed E-state index contributed by atoms with van der Waals surface area (Å²) in [5.41, 5.74) is 3.22. The number of amides is 1. The zero-order valence-corrected chi connectivity index (χ0v) is 18.2. The summed E-state index contributed by atoms with van der Waals surface area (Å²) < 4.78 is 6.35. The molecule has 1 heterocycles. The fraction of sp³-hybridized carbons (Fsp3) is 0.200. The molecular weight excluding hydrogens is 433 g/mol. The zero-order valence-electron chi connectivity index (χ0n) is 16.7. The number of fused-ring (bicyclic) bond motifs is 1. The van der Waals surface area contributed by atoms with E-state index in [1.54, 1.807) is 17.0 Å². The summed E-state index contributed by atoms with van der Waals surface area (Å²) in [4.78, 5) is 26.4. The van der Waals surface area contributed by atoms with Gasteiger partial charge in [-0.3, -0.25) is 4.79 Å². The lowest BCUT2D eigenvalue weighted by Gasteiger charge is -2.25. The predicted octanol–water partition coefficient (Wildman–Crippen LogP) is 5.99. The highest BCUT2D eigenvalue weighted by Crippen LogP contribution is 2.42. The van der Waals surface area contributed by atoms with Crippen LogP contribution in [0.3, 0.4) is 0 Å². The number of anilines is 1. The highest BCUT2D eigenvalue weighted by Gasteiger charge is 2.37. The van der Waals surface area contributed by atoms with E-state index in [2.05, 4.69) is 0 Å². The maximum atomic E-state index is 13.6. The molecule has 6 heteroatoms. The summed E-state index contributed by atoms with van der Waals surface area (Å²) in [5.74, 6) is -0.191. The summed E-state index contributed by atoms with van der Waals surface area (Å²) in [7, 11) is 0. The average Bonchev–Trinajstić information content (AvgIpc) is 2.89. The SMILES string of the molecule is O=CCCC1OC(c2ccccc2Cl)c2cc(Cl)ccc2N(Cc2ccccc2)C1=O. The molecular formula is C25H21Cl2NO3. The molecule has 3 aromatic rings. The van der Waals surface area contributed by atoms with Crippen molar-refractivity contribution in [1.82, 2.24) is 0 Å². The number of benzene rings is 3. The van der Waals surface area contributed by atoms with Gasteiger partial charge >= 0.3 is 0 Å². The first-order chi connectivity index (χ1) is 15.1. The van der Waals surface area contributed by atoms with Crippen LogP contribution < -0.4 is 4.90 Å². The highest BCUT2D eigenvalue weighted by molar-refractivity contribution is 6.31. The Bertz CT molecular complexity index is 1090. The smallest absolute Gasteiger partial charge is 0.256 e. The van der Waals surface area contributed by atoms with Crippen LogP contribution in [0, 0.1) is 0 Å². The van der Waals surface area contributed by atoms with Crippen molar-refractivity contribution in [3.63, 3.8) is 0 Å². The van der Waals surface area contributed by atoms with E-state index in [0.717, 1.165) is 28.7 Å². The topological polar surface area (TPSA) is 46.6 Å². The average molecular weight is 454 g/mol. The van der Waals surface area contributed by atoms with Crippen molar-refractivity contribution in [3.8, 4) is 0 Å². The van der Waals surface area contributed by atoms with Gasteiger partial charge in [-0.2, -0.15) is 0 Å². The van der Waals surface area contributed by atoms with E-state index >= 15 is 0 Å². The van der Waals surface area contributed by atoms with Gasteiger partial charge in [-0.25, -0.2) is 0 Å². The Hall–Kier alpha value is -2.66. The first kappa shape index (κ1) is 21.6. The molecule has 1 aliphatic rings. The van der Waals surface area contributed by atoms with Gasteiger partial charge in [0.1, 0.15) is 18.5 Å². The Morgan fingerprint density at radius 2 is 1.68 bits per heavy atom. The van der Waals surface area contributed by atoms with Gasteiger partial charge in [0.15, 0.2) is 0 Å². The van der Waals surface area contributed by atoms with Gasteiger partial charge < -0.3 is 14.4 Å². The highest BCUT2D eigenvalue weighted by atomic mass is 35.5. The van der Waals surface area contributed by atoms with Crippen molar-refractivity contribution in [2.24, 2.45) is 0 Å². The summed E-state index contributed by atoms with van der Waals surface area (Å²) in [5, 5.41) is 1.08. The molecule has 0 aliphatic carbocycles. The van der Waals surface area contributed by atoms with Crippen LogP contribution in [0.1, 0.15) is 35.6 Å². The molecule has 2 unspecified atom stereocenters. The van der Waals surface area contributed by atoms with Crippen LogP contribution in [0.5, 0.6) is 0 Å². The van der Waals surface area contributed by atoms with E-state index in [1.807, 2.05) is 60.7 Å². The van der Waals surface area contributed by atoms with Crippen LogP contribution in [-0.2, 0) is 20.9 Å². The molecule has 0 spiro atoms. The Morgan fingerprint density at radius 1 is 0.935 bits per heavy atom. The zero-order chi connectivity index (χ0) is 21.8. The van der Waals surface area contributed by atoms with E-state index in [0.29, 0.717) is 16.6 Å². The van der Waals surface area contributed by atoms with Crippen LogP contribution in [0.2, 0.25) is 10.0 Å². The monoisotopic (exact) mass is 453 g/mol. The van der Waals surface area contributed by atoms with Gasteiger partial charge in [-0.05, 0) is 36.2 Å². The molecule has 2 atom stereocenters. The largest absolute Gasteiger partial charge is 0.356 e. The molecule has 0 saturated heterocycles. The van der Waals surface area contributed by atoms with Crippen molar-refractivity contribution >= 4 is 41.1 Å². The van der Waals surface area contributed by atoms with Crippen LogP contribution >= 0.6 is 23.2 Å². The molecule has 1 aliphatic heterocycles. The maximum Gasteiger partial charge on any atom is 0.256 e. The Kier molecular flexibility index (Phi) is 6.71. The fourth-order valence-electron chi connectivity index (χ4n) is 3.84. The minimum atomic E-state index is -0.790. The third-order valence-electron chi connectivity index (χ3n) is 5.32. The van der Waals surface area contributed by atoms with Gasteiger partial charge in [0.05, 0.1) is 12.2 Å². The van der Waals surface area contributed by atoms with Crippen molar-refractivity contribution in [2.75, 3.05) is 4.90 Å². The number of carbonyl (C=O) groups excluding carboxylic acids is 2. The Balaban J connectivity index is 1.86. The van der Waals surface area contributed by atoms with E-state index < -0.39 is 12.2 Å². The third kappa shape index (κ3) is 4.67. The summed E-state index contributed by atoms with van der Waals surface area (Å²) in [6, 6.07) is 22.6. The minimum absolute atomic E-state index is 0.191. The van der Waals surface area contributed by atoms with Crippen LogP contribution in [-0.4, -0.2) is 18.3 Å². The molecule has 158 valence electrons. The molecule has 0 saturated carbocycles. The second kappa shape index (κ2) is 9.65. The minimum Gasteiger partial charge on any atom is -0.356 e. The van der Waals surface area contributed by atoms with Crippen LogP contribution in [0.4, 0.5) is 5.69 Å². The normalized spacial score (nSPS) is 18.4. The van der Waals surface area contributed by atoms with E-state index in [1.165, 1.54) is 0 Å². The summed E-state index contributed by atoms with van der Waals surface area (Å²) in [6.45, 7) is 0.379. The molecule has 0 fully saturated rings. The fourth-order valence-corrected chi connectivity index (χ4v) is 4.25. The molecule has 31 heavy (non-hydrogen) atoms. The first-order valence-corrected chi connectivity index (χ1v) is 10.8. The van der Waals surface area contributed by atoms with E-state index in [4.69, 9.17) is 27.9 Å². The number of nitrogens with zero attached hydrogens (tertiary/aromatic N) is 1. The van der Waals surface area contributed by atoms with Gasteiger partial charge in [0.25, 0.3) is 5.91 Å². The first-order valence-electron chi connectivity index (χ1n) is 10.1. The molecule has 3 aromatic carbocycles. The van der Waals surface area contributed by atoms with Crippen molar-refractivity contribution in [1.29, 1.82) is 0 Å². The van der Waals surface area contributed by atoms with E-state index in [9.17, 15) is 9.59 Å². The molecule has 1 amide bonds.